The maximum absolute atomic E-state index is 11.4. The highest BCUT2D eigenvalue weighted by Gasteiger charge is 2.20. The molecule has 2 aromatic rings. The van der Waals surface area contributed by atoms with E-state index in [9.17, 15) is 4.79 Å². The Balaban J connectivity index is 2.57. The summed E-state index contributed by atoms with van der Waals surface area (Å²) in [5.74, 6) is 0.472. The molecule has 0 spiro atoms. The standard InChI is InChI=1S/C10H11N5O2/c1-6-14-7(9(16)17-2)8(11)15(6)10-12-4-3-5-13-10/h3-5H,11H2,1-2H3. The summed E-state index contributed by atoms with van der Waals surface area (Å²) in [6.45, 7) is 1.71. The highest BCUT2D eigenvalue weighted by molar-refractivity contribution is 5.92. The minimum absolute atomic E-state index is 0.0671. The summed E-state index contributed by atoms with van der Waals surface area (Å²) in [6.07, 6.45) is 3.16. The van der Waals surface area contributed by atoms with Gasteiger partial charge in [0.1, 0.15) is 11.6 Å². The molecule has 0 saturated carbocycles. The first kappa shape index (κ1) is 11.1. The van der Waals surface area contributed by atoms with Gasteiger partial charge in [-0.1, -0.05) is 0 Å². The number of nitrogens with two attached hydrogens (primary N) is 1. The average Bonchev–Trinajstić information content (AvgIpc) is 2.65. The van der Waals surface area contributed by atoms with Crippen molar-refractivity contribution < 1.29 is 9.53 Å². The van der Waals surface area contributed by atoms with E-state index < -0.39 is 5.97 Å². The fourth-order valence-electron chi connectivity index (χ4n) is 1.46. The van der Waals surface area contributed by atoms with Crippen molar-refractivity contribution in [2.45, 2.75) is 6.92 Å². The molecule has 0 radical (unpaired) electrons. The van der Waals surface area contributed by atoms with E-state index in [-0.39, 0.29) is 11.5 Å². The summed E-state index contributed by atoms with van der Waals surface area (Å²) in [5.41, 5.74) is 5.90. The van der Waals surface area contributed by atoms with Crippen LogP contribution in [0.2, 0.25) is 0 Å². The number of hydrogen-bond acceptors (Lipinski definition) is 6. The van der Waals surface area contributed by atoms with Crippen LogP contribution in [0.5, 0.6) is 0 Å². The predicted molar refractivity (Wildman–Crippen MR) is 59.6 cm³/mol. The van der Waals surface area contributed by atoms with Crippen LogP contribution in [-0.4, -0.2) is 32.6 Å². The number of imidazole rings is 1. The van der Waals surface area contributed by atoms with Crippen LogP contribution in [0, 0.1) is 6.92 Å². The molecule has 0 fully saturated rings. The van der Waals surface area contributed by atoms with Gasteiger partial charge in [0.25, 0.3) is 0 Å². The number of aryl methyl sites for hydroxylation is 1. The van der Waals surface area contributed by atoms with E-state index in [2.05, 4.69) is 19.7 Å². The van der Waals surface area contributed by atoms with Gasteiger partial charge in [0, 0.05) is 12.4 Å². The maximum Gasteiger partial charge on any atom is 0.360 e. The number of esters is 1. The number of methoxy groups -OCH3 is 1. The third-order valence-electron chi connectivity index (χ3n) is 2.21. The number of anilines is 1. The number of rotatable bonds is 2. The van der Waals surface area contributed by atoms with Crippen LogP contribution >= 0.6 is 0 Å². The first-order valence-electron chi connectivity index (χ1n) is 4.85. The quantitative estimate of drug-likeness (QED) is 0.751. The second-order valence-corrected chi connectivity index (χ2v) is 3.27. The summed E-state index contributed by atoms with van der Waals surface area (Å²) in [5, 5.41) is 0. The molecular weight excluding hydrogens is 222 g/mol. The average molecular weight is 233 g/mol. The van der Waals surface area contributed by atoms with Gasteiger partial charge in [0.2, 0.25) is 5.95 Å². The Labute approximate surface area is 97.3 Å². The van der Waals surface area contributed by atoms with Gasteiger partial charge in [-0.25, -0.2) is 24.3 Å². The fourth-order valence-corrected chi connectivity index (χ4v) is 1.46. The minimum atomic E-state index is -0.583. The second-order valence-electron chi connectivity index (χ2n) is 3.27. The lowest BCUT2D eigenvalue weighted by Gasteiger charge is -2.04. The SMILES string of the molecule is COC(=O)c1nc(C)n(-c2ncccn2)c1N. The zero-order valence-corrected chi connectivity index (χ0v) is 9.41. The number of nitrogens with zero attached hydrogens (tertiary/aromatic N) is 4. The van der Waals surface area contributed by atoms with Crippen LogP contribution in [-0.2, 0) is 4.74 Å². The summed E-state index contributed by atoms with van der Waals surface area (Å²) >= 11 is 0. The van der Waals surface area contributed by atoms with E-state index in [0.717, 1.165) is 0 Å². The summed E-state index contributed by atoms with van der Waals surface area (Å²) in [6, 6.07) is 1.69. The highest BCUT2D eigenvalue weighted by atomic mass is 16.5. The maximum atomic E-state index is 11.4. The molecule has 0 amide bonds. The summed E-state index contributed by atoms with van der Waals surface area (Å²) < 4.78 is 6.08. The van der Waals surface area contributed by atoms with Crippen molar-refractivity contribution in [2.75, 3.05) is 12.8 Å². The molecule has 7 heteroatoms. The highest BCUT2D eigenvalue weighted by Crippen LogP contribution is 2.18. The lowest BCUT2D eigenvalue weighted by molar-refractivity contribution is 0.0596. The Hall–Kier alpha value is -2.44. The molecule has 0 unspecified atom stereocenters. The molecule has 0 aliphatic carbocycles. The zero-order valence-electron chi connectivity index (χ0n) is 9.41. The molecule has 2 aromatic heterocycles. The first-order valence-corrected chi connectivity index (χ1v) is 4.85. The largest absolute Gasteiger partial charge is 0.464 e. The molecule has 0 saturated heterocycles. The Morgan fingerprint density at radius 3 is 2.65 bits per heavy atom. The Morgan fingerprint density at radius 2 is 2.06 bits per heavy atom. The lowest BCUT2D eigenvalue weighted by Crippen LogP contribution is -2.09. The summed E-state index contributed by atoms with van der Waals surface area (Å²) in [4.78, 5) is 23.6. The molecule has 2 N–H and O–H groups in total. The van der Waals surface area contributed by atoms with Gasteiger partial charge in [0.05, 0.1) is 7.11 Å². The van der Waals surface area contributed by atoms with Crippen molar-refractivity contribution in [3.05, 3.63) is 30.0 Å². The topological polar surface area (TPSA) is 95.9 Å². The van der Waals surface area contributed by atoms with Crippen LogP contribution in [0.25, 0.3) is 5.95 Å². The zero-order chi connectivity index (χ0) is 12.4. The van der Waals surface area contributed by atoms with Crippen LogP contribution in [0.15, 0.2) is 18.5 Å². The van der Waals surface area contributed by atoms with E-state index >= 15 is 0 Å². The molecule has 0 aromatic carbocycles. The van der Waals surface area contributed by atoms with Crippen molar-refractivity contribution in [1.29, 1.82) is 0 Å². The molecule has 17 heavy (non-hydrogen) atoms. The summed E-state index contributed by atoms with van der Waals surface area (Å²) in [7, 11) is 1.27. The Morgan fingerprint density at radius 1 is 1.41 bits per heavy atom. The normalized spacial score (nSPS) is 10.2. The number of carbonyl (C=O) groups is 1. The van der Waals surface area contributed by atoms with E-state index in [1.165, 1.54) is 11.7 Å². The van der Waals surface area contributed by atoms with Gasteiger partial charge < -0.3 is 10.5 Å². The fraction of sp³-hybridized carbons (Fsp3) is 0.200. The van der Waals surface area contributed by atoms with Crippen LogP contribution < -0.4 is 5.73 Å². The van der Waals surface area contributed by atoms with Gasteiger partial charge in [-0.2, -0.15) is 0 Å². The third-order valence-corrected chi connectivity index (χ3v) is 2.21. The lowest BCUT2D eigenvalue weighted by atomic mass is 10.4. The first-order chi connectivity index (χ1) is 8.15. The Bertz CT molecular complexity index is 549. The monoisotopic (exact) mass is 233 g/mol. The van der Waals surface area contributed by atoms with Gasteiger partial charge >= 0.3 is 5.97 Å². The predicted octanol–water partition coefficient (Wildman–Crippen LogP) is 0.340. The van der Waals surface area contributed by atoms with E-state index in [0.29, 0.717) is 11.8 Å². The van der Waals surface area contributed by atoms with Crippen molar-refractivity contribution >= 4 is 11.8 Å². The molecule has 2 rings (SSSR count). The molecule has 0 bridgehead atoms. The van der Waals surface area contributed by atoms with E-state index in [4.69, 9.17) is 5.73 Å². The van der Waals surface area contributed by atoms with Crippen LogP contribution in [0.4, 0.5) is 5.82 Å². The molecule has 0 atom stereocenters. The van der Waals surface area contributed by atoms with Crippen LogP contribution in [0.1, 0.15) is 16.3 Å². The van der Waals surface area contributed by atoms with Gasteiger partial charge in [0.15, 0.2) is 5.69 Å². The van der Waals surface area contributed by atoms with Gasteiger partial charge in [-0.15, -0.1) is 0 Å². The second kappa shape index (κ2) is 4.20. The molecule has 0 aliphatic rings. The van der Waals surface area contributed by atoms with Crippen molar-refractivity contribution in [3.8, 4) is 5.95 Å². The van der Waals surface area contributed by atoms with Crippen molar-refractivity contribution in [1.82, 2.24) is 19.5 Å². The van der Waals surface area contributed by atoms with Gasteiger partial charge in [-0.05, 0) is 13.0 Å². The number of aromatic nitrogens is 4. The molecule has 0 aliphatic heterocycles. The number of hydrogen-bond donors (Lipinski definition) is 1. The smallest absolute Gasteiger partial charge is 0.360 e. The molecule has 88 valence electrons. The third kappa shape index (κ3) is 1.82. The van der Waals surface area contributed by atoms with E-state index in [1.807, 2.05) is 0 Å². The molecular formula is C10H11N5O2. The molecule has 2 heterocycles. The minimum Gasteiger partial charge on any atom is -0.464 e. The number of nitrogen functional groups attached to an aromatic ring is 1. The van der Waals surface area contributed by atoms with E-state index in [1.54, 1.807) is 25.4 Å². The number of carbonyl (C=O) groups excluding carboxylic acids is 1. The Kier molecular flexibility index (Phi) is 2.73. The van der Waals surface area contributed by atoms with Crippen LogP contribution in [0.3, 0.4) is 0 Å². The van der Waals surface area contributed by atoms with Crippen molar-refractivity contribution in [3.63, 3.8) is 0 Å². The van der Waals surface area contributed by atoms with Gasteiger partial charge in [-0.3, -0.25) is 0 Å². The number of ether oxygens (including phenoxy) is 1. The van der Waals surface area contributed by atoms with Crippen molar-refractivity contribution in [2.24, 2.45) is 0 Å². The molecule has 7 nitrogen and oxygen atoms in total.